The summed E-state index contributed by atoms with van der Waals surface area (Å²) in [4.78, 5) is 39.0. The summed E-state index contributed by atoms with van der Waals surface area (Å²) in [6.45, 7) is 0.751. The molecule has 0 aromatic heterocycles. The molecule has 4 atom stereocenters. The summed E-state index contributed by atoms with van der Waals surface area (Å²) in [5.74, 6) is 2.44. The van der Waals surface area contributed by atoms with Gasteiger partial charge in [0.25, 0.3) is 0 Å². The van der Waals surface area contributed by atoms with Gasteiger partial charge in [-0.15, -0.1) is 0 Å². The fraction of sp³-hybridized carbons (Fsp3) is 0.870. The number of carbonyl (C=O) groups is 3. The highest BCUT2D eigenvalue weighted by Gasteiger charge is 2.62. The van der Waals surface area contributed by atoms with Crippen LogP contribution in [-0.2, 0) is 19.1 Å². The molecule has 0 radical (unpaired) electrons. The van der Waals surface area contributed by atoms with Gasteiger partial charge in [0, 0.05) is 12.6 Å². The maximum atomic E-state index is 12.6. The zero-order valence-electron chi connectivity index (χ0n) is 17.5. The van der Waals surface area contributed by atoms with Gasteiger partial charge in [0.2, 0.25) is 11.8 Å². The quantitative estimate of drug-likeness (QED) is 0.531. The molecule has 4 unspecified atom stereocenters. The summed E-state index contributed by atoms with van der Waals surface area (Å²) < 4.78 is 11.2. The third kappa shape index (κ3) is 2.99. The van der Waals surface area contributed by atoms with E-state index >= 15 is 0 Å². The van der Waals surface area contributed by atoms with Crippen LogP contribution in [0.4, 0.5) is 4.79 Å². The number of nitrogens with zero attached hydrogens (tertiary/aromatic N) is 1. The summed E-state index contributed by atoms with van der Waals surface area (Å²) in [7, 11) is 0. The number of hydrogen-bond acceptors (Lipinski definition) is 5. The van der Waals surface area contributed by atoms with Gasteiger partial charge in [-0.2, -0.15) is 0 Å². The molecular formula is C23H32N2O5. The zero-order valence-corrected chi connectivity index (χ0v) is 17.5. The van der Waals surface area contributed by atoms with Gasteiger partial charge in [-0.05, 0) is 81.5 Å². The fourth-order valence-corrected chi connectivity index (χ4v) is 7.87. The van der Waals surface area contributed by atoms with E-state index in [9.17, 15) is 14.4 Å². The van der Waals surface area contributed by atoms with Crippen LogP contribution < -0.4 is 5.32 Å². The molecule has 4 saturated carbocycles. The van der Waals surface area contributed by atoms with Crippen molar-refractivity contribution in [3.8, 4) is 0 Å². The Balaban J connectivity index is 0.929. The molecule has 3 saturated heterocycles. The van der Waals surface area contributed by atoms with Crippen molar-refractivity contribution >= 4 is 17.9 Å². The lowest BCUT2D eigenvalue weighted by Crippen LogP contribution is -2.55. The summed E-state index contributed by atoms with van der Waals surface area (Å²) in [5, 5.41) is 3.16. The minimum Gasteiger partial charge on any atom is -0.450 e. The fourth-order valence-electron chi connectivity index (χ4n) is 7.87. The molecule has 0 aromatic carbocycles. The largest absolute Gasteiger partial charge is 0.450 e. The average molecular weight is 417 g/mol. The van der Waals surface area contributed by atoms with Crippen LogP contribution in [0.1, 0.15) is 57.8 Å². The molecule has 3 amide bonds. The maximum Gasteiger partial charge on any atom is 0.407 e. The number of unbranched alkanes of at least 4 members (excludes halogenated alkanes) is 1. The normalized spacial score (nSPS) is 45.3. The van der Waals surface area contributed by atoms with Crippen molar-refractivity contribution in [2.75, 3.05) is 13.2 Å². The van der Waals surface area contributed by atoms with Crippen molar-refractivity contribution in [2.45, 2.75) is 76.0 Å². The zero-order chi connectivity index (χ0) is 20.4. The van der Waals surface area contributed by atoms with E-state index in [4.69, 9.17) is 9.47 Å². The lowest BCUT2D eigenvalue weighted by molar-refractivity contribution is -0.142. The van der Waals surface area contributed by atoms with Gasteiger partial charge in [-0.1, -0.05) is 0 Å². The Labute approximate surface area is 177 Å². The van der Waals surface area contributed by atoms with Crippen LogP contribution in [0.25, 0.3) is 0 Å². The molecule has 6 bridgehead atoms. The maximum absolute atomic E-state index is 12.6. The van der Waals surface area contributed by atoms with Crippen molar-refractivity contribution in [2.24, 2.45) is 35.5 Å². The molecule has 7 heteroatoms. The highest BCUT2D eigenvalue weighted by molar-refractivity contribution is 6.06. The molecule has 7 aliphatic rings. The van der Waals surface area contributed by atoms with E-state index in [1.165, 1.54) is 37.0 Å². The first-order valence-electron chi connectivity index (χ1n) is 12.0. The molecule has 30 heavy (non-hydrogen) atoms. The smallest absolute Gasteiger partial charge is 0.407 e. The predicted octanol–water partition coefficient (Wildman–Crippen LogP) is 2.48. The van der Waals surface area contributed by atoms with Gasteiger partial charge in [0.1, 0.15) is 0 Å². The van der Waals surface area contributed by atoms with Gasteiger partial charge in [-0.25, -0.2) is 4.79 Å². The number of fused-ring (bicyclic) bond motifs is 5. The second-order valence-electron chi connectivity index (χ2n) is 10.6. The monoisotopic (exact) mass is 416 g/mol. The molecule has 0 spiro atoms. The van der Waals surface area contributed by atoms with E-state index < -0.39 is 0 Å². The van der Waals surface area contributed by atoms with Crippen LogP contribution in [0, 0.1) is 35.5 Å². The van der Waals surface area contributed by atoms with Crippen LogP contribution >= 0.6 is 0 Å². The lowest BCUT2D eigenvalue weighted by atomic mass is 9.54. The predicted molar refractivity (Wildman–Crippen MR) is 106 cm³/mol. The first kappa shape index (κ1) is 19.1. The van der Waals surface area contributed by atoms with Gasteiger partial charge in [0.15, 0.2) is 0 Å². The molecule has 4 aliphatic carbocycles. The molecular weight excluding hydrogens is 384 g/mol. The average Bonchev–Trinajstić information content (AvgIpc) is 3.39. The number of carbonyl (C=O) groups excluding carboxylic acids is 3. The summed E-state index contributed by atoms with van der Waals surface area (Å²) in [6.07, 6.45) is 9.17. The van der Waals surface area contributed by atoms with Crippen LogP contribution in [0.2, 0.25) is 0 Å². The Kier molecular flexibility index (Phi) is 4.59. The van der Waals surface area contributed by atoms with Gasteiger partial charge >= 0.3 is 6.09 Å². The minimum absolute atomic E-state index is 0.0568. The van der Waals surface area contributed by atoms with E-state index in [1.54, 1.807) is 0 Å². The number of alkyl carbamates (subject to hydrolysis) is 1. The topological polar surface area (TPSA) is 84.9 Å². The number of imide groups is 1. The molecule has 3 aliphatic heterocycles. The Morgan fingerprint density at radius 1 is 0.933 bits per heavy atom. The molecule has 1 N–H and O–H groups in total. The van der Waals surface area contributed by atoms with Crippen molar-refractivity contribution in [3.05, 3.63) is 0 Å². The summed E-state index contributed by atoms with van der Waals surface area (Å²) >= 11 is 0. The molecule has 3 heterocycles. The second-order valence-corrected chi connectivity index (χ2v) is 10.6. The van der Waals surface area contributed by atoms with E-state index in [0.29, 0.717) is 43.9 Å². The number of ether oxygens (including phenoxy) is 2. The highest BCUT2D eigenvalue weighted by Crippen LogP contribution is 2.53. The molecule has 7 nitrogen and oxygen atoms in total. The van der Waals surface area contributed by atoms with E-state index in [1.807, 2.05) is 0 Å². The minimum atomic E-state index is -0.302. The molecule has 7 fully saturated rings. The third-order valence-electron chi connectivity index (χ3n) is 8.90. The summed E-state index contributed by atoms with van der Waals surface area (Å²) in [6, 6.07) is 0.294. The highest BCUT2D eigenvalue weighted by atomic mass is 16.5. The van der Waals surface area contributed by atoms with Gasteiger partial charge < -0.3 is 14.8 Å². The first-order chi connectivity index (χ1) is 14.6. The number of amides is 3. The standard InChI is InChI=1S/C23H32N2O5/c26-21-18-16-3-4-17(30-16)19(18)22(27)25(21)5-1-2-6-29-23(28)24-20-14-8-12-7-13(10-14)11-15(20)9-12/h12-20H,1-11H2,(H,24,28). The molecule has 164 valence electrons. The van der Waals surface area contributed by atoms with Crippen molar-refractivity contribution in [1.82, 2.24) is 10.2 Å². The van der Waals surface area contributed by atoms with E-state index in [0.717, 1.165) is 24.7 Å². The SMILES string of the molecule is O=C(NC1C2CC3CC(C2)CC1C3)OCCCCN1C(=O)C2C3CCC(O3)C2C1=O. The molecule has 7 rings (SSSR count). The van der Waals surface area contributed by atoms with Crippen molar-refractivity contribution in [3.63, 3.8) is 0 Å². The van der Waals surface area contributed by atoms with Crippen LogP contribution in [-0.4, -0.2) is 54.2 Å². The number of rotatable bonds is 6. The first-order valence-corrected chi connectivity index (χ1v) is 12.0. The van der Waals surface area contributed by atoms with Crippen LogP contribution in [0.3, 0.4) is 0 Å². The van der Waals surface area contributed by atoms with Gasteiger partial charge in [-0.3, -0.25) is 14.5 Å². The number of likely N-dealkylation sites (tertiary alicyclic amines) is 1. The van der Waals surface area contributed by atoms with Crippen molar-refractivity contribution < 1.29 is 23.9 Å². The van der Waals surface area contributed by atoms with Crippen molar-refractivity contribution in [1.29, 1.82) is 0 Å². The Bertz CT molecular complexity index is 698. The van der Waals surface area contributed by atoms with Gasteiger partial charge in [0.05, 0.1) is 30.7 Å². The third-order valence-corrected chi connectivity index (χ3v) is 8.90. The number of hydrogen-bond donors (Lipinski definition) is 1. The Morgan fingerprint density at radius 2 is 1.53 bits per heavy atom. The second kappa shape index (κ2) is 7.21. The summed E-state index contributed by atoms with van der Waals surface area (Å²) in [5.41, 5.74) is 0. The van der Waals surface area contributed by atoms with Crippen LogP contribution in [0.15, 0.2) is 0 Å². The Morgan fingerprint density at radius 3 is 2.13 bits per heavy atom. The Hall–Kier alpha value is -1.63. The van der Waals surface area contributed by atoms with E-state index in [2.05, 4.69) is 5.32 Å². The molecule has 0 aromatic rings. The van der Waals surface area contributed by atoms with E-state index in [-0.39, 0.29) is 42.0 Å². The lowest BCUT2D eigenvalue weighted by Gasteiger charge is -2.54. The number of nitrogens with one attached hydrogen (secondary N) is 1. The van der Waals surface area contributed by atoms with Crippen LogP contribution in [0.5, 0.6) is 0 Å².